The maximum absolute atomic E-state index is 11.5. The fourth-order valence-electron chi connectivity index (χ4n) is 1.88. The number of hydrazone groups is 1. The topological polar surface area (TPSA) is 134 Å². The van der Waals surface area contributed by atoms with Gasteiger partial charge >= 0.3 is 5.69 Å². The number of anilines is 1. The quantitative estimate of drug-likeness (QED) is 0.422. The lowest BCUT2D eigenvalue weighted by molar-refractivity contribution is -0.385. The van der Waals surface area contributed by atoms with Gasteiger partial charge in [0.2, 0.25) is 5.95 Å². The van der Waals surface area contributed by atoms with Gasteiger partial charge in [0.25, 0.3) is 5.56 Å². The Labute approximate surface area is 130 Å². The molecule has 0 radical (unpaired) electrons. The lowest BCUT2D eigenvalue weighted by atomic mass is 10.2. The number of nitro benzene ring substituents is 1. The SMILES string of the molecule is CCCc1cc(=O)[nH]c(N/N=C\c2ccc(O)c([N+](=O)[O-])c2)n1. The van der Waals surface area contributed by atoms with Gasteiger partial charge in [0.15, 0.2) is 5.75 Å². The Kier molecular flexibility index (Phi) is 5.03. The van der Waals surface area contributed by atoms with Crippen molar-refractivity contribution in [1.29, 1.82) is 0 Å². The van der Waals surface area contributed by atoms with E-state index in [1.807, 2.05) is 6.92 Å². The molecule has 0 amide bonds. The molecule has 9 heteroatoms. The summed E-state index contributed by atoms with van der Waals surface area (Å²) in [4.78, 5) is 28.2. The summed E-state index contributed by atoms with van der Waals surface area (Å²) in [5.74, 6) is -0.233. The Morgan fingerprint density at radius 3 is 2.96 bits per heavy atom. The molecule has 0 bridgehead atoms. The first-order valence-electron chi connectivity index (χ1n) is 6.86. The molecule has 0 spiro atoms. The second-order valence-corrected chi connectivity index (χ2v) is 4.71. The van der Waals surface area contributed by atoms with Crippen LogP contribution in [-0.2, 0) is 6.42 Å². The second-order valence-electron chi connectivity index (χ2n) is 4.71. The number of aromatic nitrogens is 2. The summed E-state index contributed by atoms with van der Waals surface area (Å²) < 4.78 is 0. The summed E-state index contributed by atoms with van der Waals surface area (Å²) in [6, 6.07) is 5.28. The third kappa shape index (κ3) is 4.37. The molecule has 1 aromatic carbocycles. The molecule has 0 aliphatic carbocycles. The maximum atomic E-state index is 11.5. The van der Waals surface area contributed by atoms with Crippen molar-refractivity contribution in [3.63, 3.8) is 0 Å². The van der Waals surface area contributed by atoms with Crippen molar-refractivity contribution in [2.45, 2.75) is 19.8 Å². The molecule has 1 heterocycles. The van der Waals surface area contributed by atoms with Crippen LogP contribution in [-0.4, -0.2) is 26.2 Å². The minimum atomic E-state index is -0.687. The van der Waals surface area contributed by atoms with Crippen LogP contribution in [0.25, 0.3) is 0 Å². The molecule has 0 unspecified atom stereocenters. The van der Waals surface area contributed by atoms with Crippen molar-refractivity contribution in [2.24, 2.45) is 5.10 Å². The van der Waals surface area contributed by atoms with E-state index >= 15 is 0 Å². The van der Waals surface area contributed by atoms with Gasteiger partial charge in [0.05, 0.1) is 11.1 Å². The largest absolute Gasteiger partial charge is 0.502 e. The standard InChI is InChI=1S/C14H15N5O4/c1-2-3-10-7-13(21)17-14(16-10)18-15-8-9-4-5-12(20)11(6-9)19(22)23/h4-8,20H,2-3H2,1H3,(H2,16,17,18,21)/b15-8-. The predicted molar refractivity (Wildman–Crippen MR) is 84.8 cm³/mol. The Hall–Kier alpha value is -3.23. The monoisotopic (exact) mass is 317 g/mol. The Balaban J connectivity index is 2.14. The molecule has 2 aromatic rings. The fraction of sp³-hybridized carbons (Fsp3) is 0.214. The second kappa shape index (κ2) is 7.16. The highest BCUT2D eigenvalue weighted by atomic mass is 16.6. The third-order valence-corrected chi connectivity index (χ3v) is 2.88. The third-order valence-electron chi connectivity index (χ3n) is 2.88. The van der Waals surface area contributed by atoms with Crippen LogP contribution in [0.2, 0.25) is 0 Å². The number of nitrogens with one attached hydrogen (secondary N) is 2. The van der Waals surface area contributed by atoms with Gasteiger partial charge in [0.1, 0.15) is 0 Å². The highest BCUT2D eigenvalue weighted by Crippen LogP contribution is 2.25. The van der Waals surface area contributed by atoms with Gasteiger partial charge in [-0.05, 0) is 18.6 Å². The van der Waals surface area contributed by atoms with Crippen molar-refractivity contribution in [1.82, 2.24) is 9.97 Å². The van der Waals surface area contributed by atoms with Crippen molar-refractivity contribution < 1.29 is 10.0 Å². The molecule has 2 rings (SSSR count). The number of benzene rings is 1. The van der Waals surface area contributed by atoms with Crippen LogP contribution in [0.3, 0.4) is 0 Å². The van der Waals surface area contributed by atoms with E-state index in [-0.39, 0.29) is 11.5 Å². The molecule has 0 saturated heterocycles. The Morgan fingerprint density at radius 1 is 1.48 bits per heavy atom. The number of rotatable bonds is 6. The summed E-state index contributed by atoms with van der Waals surface area (Å²) in [5.41, 5.74) is 2.92. The van der Waals surface area contributed by atoms with Gasteiger partial charge in [-0.1, -0.05) is 13.3 Å². The molecule has 0 aliphatic heterocycles. The van der Waals surface area contributed by atoms with Crippen LogP contribution in [0.15, 0.2) is 34.2 Å². The number of H-pyrrole nitrogens is 1. The first-order valence-corrected chi connectivity index (χ1v) is 6.86. The van der Waals surface area contributed by atoms with Gasteiger partial charge in [-0.15, -0.1) is 0 Å². The molecule has 9 nitrogen and oxygen atoms in total. The van der Waals surface area contributed by atoms with Crippen molar-refractivity contribution in [3.05, 3.63) is 56.0 Å². The molecule has 0 atom stereocenters. The van der Waals surface area contributed by atoms with E-state index in [2.05, 4.69) is 20.5 Å². The molecule has 0 fully saturated rings. The minimum Gasteiger partial charge on any atom is -0.502 e. The number of hydrogen-bond acceptors (Lipinski definition) is 7. The summed E-state index contributed by atoms with van der Waals surface area (Å²) in [6.07, 6.45) is 2.85. The highest BCUT2D eigenvalue weighted by Gasteiger charge is 2.12. The first kappa shape index (κ1) is 16.1. The van der Waals surface area contributed by atoms with E-state index < -0.39 is 16.4 Å². The Morgan fingerprint density at radius 2 is 2.26 bits per heavy atom. The molecular weight excluding hydrogens is 302 g/mol. The van der Waals surface area contributed by atoms with Crippen molar-refractivity contribution in [3.8, 4) is 5.75 Å². The van der Waals surface area contributed by atoms with Gasteiger partial charge in [-0.2, -0.15) is 5.10 Å². The number of aromatic hydroxyl groups is 1. The van der Waals surface area contributed by atoms with E-state index in [1.54, 1.807) is 0 Å². The van der Waals surface area contributed by atoms with Gasteiger partial charge in [0, 0.05) is 23.4 Å². The van der Waals surface area contributed by atoms with Gasteiger partial charge < -0.3 is 5.11 Å². The summed E-state index contributed by atoms with van der Waals surface area (Å²) >= 11 is 0. The fourth-order valence-corrected chi connectivity index (χ4v) is 1.88. The molecule has 3 N–H and O–H groups in total. The van der Waals surface area contributed by atoms with Crippen molar-refractivity contribution >= 4 is 17.9 Å². The molecule has 120 valence electrons. The average Bonchev–Trinajstić information content (AvgIpc) is 2.48. The number of phenols is 1. The summed E-state index contributed by atoms with van der Waals surface area (Å²) in [6.45, 7) is 1.98. The number of phenolic OH excluding ortho intramolecular Hbond substituents is 1. The van der Waals surface area contributed by atoms with Crippen molar-refractivity contribution in [2.75, 3.05) is 5.43 Å². The lowest BCUT2D eigenvalue weighted by Crippen LogP contribution is -2.11. The molecule has 1 aromatic heterocycles. The maximum Gasteiger partial charge on any atom is 0.311 e. The number of nitro groups is 1. The Bertz CT molecular complexity index is 800. The van der Waals surface area contributed by atoms with E-state index in [4.69, 9.17) is 0 Å². The van der Waals surface area contributed by atoms with Crippen LogP contribution in [0, 0.1) is 10.1 Å². The number of aromatic amines is 1. The first-order chi connectivity index (χ1) is 11.0. The molecular formula is C14H15N5O4. The molecule has 0 aliphatic rings. The number of nitrogens with zero attached hydrogens (tertiary/aromatic N) is 3. The van der Waals surface area contributed by atoms with E-state index in [1.165, 1.54) is 30.5 Å². The van der Waals surface area contributed by atoms with Crippen LogP contribution in [0.5, 0.6) is 5.75 Å². The minimum absolute atomic E-state index is 0.186. The van der Waals surface area contributed by atoms with Gasteiger partial charge in [-0.25, -0.2) is 10.4 Å². The molecule has 0 saturated carbocycles. The predicted octanol–water partition coefficient (Wildman–Crippen LogP) is 1.78. The normalized spacial score (nSPS) is 10.8. The van der Waals surface area contributed by atoms with E-state index in [0.29, 0.717) is 17.7 Å². The highest BCUT2D eigenvalue weighted by molar-refractivity contribution is 5.81. The van der Waals surface area contributed by atoms with Crippen LogP contribution >= 0.6 is 0 Å². The average molecular weight is 317 g/mol. The lowest BCUT2D eigenvalue weighted by Gasteiger charge is -2.02. The van der Waals surface area contributed by atoms with E-state index in [0.717, 1.165) is 6.42 Å². The number of aryl methyl sites for hydroxylation is 1. The smallest absolute Gasteiger partial charge is 0.311 e. The zero-order valence-electron chi connectivity index (χ0n) is 12.3. The van der Waals surface area contributed by atoms with Crippen LogP contribution < -0.4 is 11.0 Å². The molecule has 23 heavy (non-hydrogen) atoms. The van der Waals surface area contributed by atoms with Crippen LogP contribution in [0.4, 0.5) is 11.6 Å². The van der Waals surface area contributed by atoms with Gasteiger partial charge in [-0.3, -0.25) is 19.9 Å². The zero-order chi connectivity index (χ0) is 16.8. The summed E-state index contributed by atoms with van der Waals surface area (Å²) in [5, 5.41) is 24.0. The van der Waals surface area contributed by atoms with E-state index in [9.17, 15) is 20.0 Å². The number of hydrogen-bond donors (Lipinski definition) is 3. The van der Waals surface area contributed by atoms with Crippen LogP contribution in [0.1, 0.15) is 24.6 Å². The summed E-state index contributed by atoms with van der Waals surface area (Å²) in [7, 11) is 0. The zero-order valence-corrected chi connectivity index (χ0v) is 12.3.